The van der Waals surface area contributed by atoms with Gasteiger partial charge in [0.2, 0.25) is 5.91 Å². The van der Waals surface area contributed by atoms with Gasteiger partial charge in [0, 0.05) is 16.3 Å². The maximum Gasteiger partial charge on any atom is 0.265 e. The fraction of sp³-hybridized carbons (Fsp3) is 0.100. The Kier molecular flexibility index (Phi) is 6.72. The molecule has 0 saturated heterocycles. The van der Waals surface area contributed by atoms with Crippen LogP contribution in [0.25, 0.3) is 0 Å². The average Bonchev–Trinajstić information content (AvgIpc) is 3.20. The summed E-state index contributed by atoms with van der Waals surface area (Å²) >= 11 is 8.46. The van der Waals surface area contributed by atoms with E-state index in [9.17, 15) is 14.0 Å². The number of nitrogens with one attached hydrogen (secondary N) is 2. The fourth-order valence-corrected chi connectivity index (χ4v) is 4.05. The summed E-state index contributed by atoms with van der Waals surface area (Å²) in [6.07, 6.45) is 0. The van der Waals surface area contributed by atoms with Crippen molar-refractivity contribution in [2.24, 2.45) is 0 Å². The zero-order valence-electron chi connectivity index (χ0n) is 14.7. The number of rotatable bonds is 6. The lowest BCUT2D eigenvalue weighted by atomic mass is 10.3. The zero-order chi connectivity index (χ0) is 20.1. The van der Waals surface area contributed by atoms with Crippen LogP contribution in [-0.4, -0.2) is 17.1 Å². The molecule has 0 bridgehead atoms. The third-order valence-electron chi connectivity index (χ3n) is 3.71. The van der Waals surface area contributed by atoms with Crippen LogP contribution in [0.5, 0.6) is 0 Å². The van der Waals surface area contributed by atoms with Gasteiger partial charge in [-0.3, -0.25) is 9.59 Å². The molecule has 3 aromatic rings. The molecule has 2 aromatic carbocycles. The van der Waals surface area contributed by atoms with Gasteiger partial charge in [-0.25, -0.2) is 4.39 Å². The SMILES string of the molecule is CC(Sc1cccc(NC(=O)c2cccs2)c1)C(=O)Nc1ccc(F)c(Cl)c1. The van der Waals surface area contributed by atoms with Crippen molar-refractivity contribution in [3.05, 3.63) is 75.7 Å². The molecule has 0 saturated carbocycles. The van der Waals surface area contributed by atoms with Gasteiger partial charge in [0.05, 0.1) is 15.1 Å². The lowest BCUT2D eigenvalue weighted by Crippen LogP contribution is -2.22. The lowest BCUT2D eigenvalue weighted by Gasteiger charge is -2.13. The van der Waals surface area contributed by atoms with E-state index in [0.29, 0.717) is 16.3 Å². The van der Waals surface area contributed by atoms with E-state index in [0.717, 1.165) is 4.90 Å². The summed E-state index contributed by atoms with van der Waals surface area (Å²) in [7, 11) is 0. The van der Waals surface area contributed by atoms with Gasteiger partial charge < -0.3 is 10.6 Å². The summed E-state index contributed by atoms with van der Waals surface area (Å²) in [5.41, 5.74) is 1.09. The van der Waals surface area contributed by atoms with E-state index in [1.807, 2.05) is 29.6 Å². The number of thiophene rings is 1. The highest BCUT2D eigenvalue weighted by Crippen LogP contribution is 2.27. The minimum absolute atomic E-state index is 0.0488. The highest BCUT2D eigenvalue weighted by Gasteiger charge is 2.16. The summed E-state index contributed by atoms with van der Waals surface area (Å²) in [5, 5.41) is 6.95. The van der Waals surface area contributed by atoms with E-state index in [1.165, 1.54) is 41.3 Å². The summed E-state index contributed by atoms with van der Waals surface area (Å²) in [6.45, 7) is 1.77. The quantitative estimate of drug-likeness (QED) is 0.474. The van der Waals surface area contributed by atoms with E-state index in [4.69, 9.17) is 11.6 Å². The first-order valence-electron chi connectivity index (χ1n) is 8.30. The third-order valence-corrected chi connectivity index (χ3v) is 5.96. The van der Waals surface area contributed by atoms with Crippen LogP contribution in [0.1, 0.15) is 16.6 Å². The molecule has 0 radical (unpaired) electrons. The minimum Gasteiger partial charge on any atom is -0.325 e. The molecule has 28 heavy (non-hydrogen) atoms. The number of thioether (sulfide) groups is 1. The molecule has 1 unspecified atom stereocenters. The summed E-state index contributed by atoms with van der Waals surface area (Å²) < 4.78 is 13.2. The number of anilines is 2. The second-order valence-corrected chi connectivity index (χ2v) is 8.61. The Labute approximate surface area is 175 Å². The predicted octanol–water partition coefficient (Wildman–Crippen LogP) is 5.91. The smallest absolute Gasteiger partial charge is 0.265 e. The van der Waals surface area contributed by atoms with E-state index >= 15 is 0 Å². The van der Waals surface area contributed by atoms with E-state index < -0.39 is 11.1 Å². The van der Waals surface area contributed by atoms with E-state index in [1.54, 1.807) is 19.1 Å². The first-order valence-corrected chi connectivity index (χ1v) is 10.4. The maximum atomic E-state index is 13.2. The van der Waals surface area contributed by atoms with E-state index in [2.05, 4.69) is 10.6 Å². The van der Waals surface area contributed by atoms with Crippen molar-refractivity contribution in [2.75, 3.05) is 10.6 Å². The van der Waals surface area contributed by atoms with Gasteiger partial charge >= 0.3 is 0 Å². The van der Waals surface area contributed by atoms with Crippen molar-refractivity contribution in [2.45, 2.75) is 17.1 Å². The Hall–Kier alpha value is -2.35. The van der Waals surface area contributed by atoms with Gasteiger partial charge in [-0.05, 0) is 54.8 Å². The van der Waals surface area contributed by atoms with Crippen molar-refractivity contribution < 1.29 is 14.0 Å². The number of hydrogen-bond donors (Lipinski definition) is 2. The van der Waals surface area contributed by atoms with Gasteiger partial charge in [0.1, 0.15) is 5.82 Å². The molecule has 1 heterocycles. The minimum atomic E-state index is -0.538. The molecule has 2 amide bonds. The lowest BCUT2D eigenvalue weighted by molar-refractivity contribution is -0.115. The standard InChI is InChI=1S/C20H16ClFN2O2S2/c1-12(19(25)23-14-7-8-17(22)16(21)11-14)28-15-5-2-4-13(10-15)24-20(26)18-6-3-9-27-18/h2-12H,1H3,(H,23,25)(H,24,26). The maximum absolute atomic E-state index is 13.2. The summed E-state index contributed by atoms with van der Waals surface area (Å²) in [5.74, 6) is -0.944. The van der Waals surface area contributed by atoms with Gasteiger partial charge in [-0.15, -0.1) is 23.1 Å². The highest BCUT2D eigenvalue weighted by atomic mass is 35.5. The molecule has 1 aromatic heterocycles. The first-order chi connectivity index (χ1) is 13.4. The second kappa shape index (κ2) is 9.23. The largest absolute Gasteiger partial charge is 0.325 e. The molecule has 144 valence electrons. The van der Waals surface area contributed by atoms with Crippen LogP contribution in [0.15, 0.2) is 64.9 Å². The molecular weight excluding hydrogens is 419 g/mol. The fourth-order valence-electron chi connectivity index (χ4n) is 2.32. The number of carbonyl (C=O) groups excluding carboxylic acids is 2. The molecule has 2 N–H and O–H groups in total. The Morgan fingerprint density at radius 3 is 2.57 bits per heavy atom. The Morgan fingerprint density at radius 1 is 1.07 bits per heavy atom. The molecule has 0 fully saturated rings. The molecule has 4 nitrogen and oxygen atoms in total. The van der Waals surface area contributed by atoms with Crippen molar-refractivity contribution in [1.29, 1.82) is 0 Å². The third kappa shape index (κ3) is 5.34. The summed E-state index contributed by atoms with van der Waals surface area (Å²) in [4.78, 5) is 26.0. The number of carbonyl (C=O) groups is 2. The van der Waals surface area contributed by atoms with Crippen LogP contribution in [0.2, 0.25) is 5.02 Å². The van der Waals surface area contributed by atoms with E-state index in [-0.39, 0.29) is 16.8 Å². The predicted molar refractivity (Wildman–Crippen MR) is 114 cm³/mol. The normalized spacial score (nSPS) is 11.7. The van der Waals surface area contributed by atoms with Crippen LogP contribution in [0.4, 0.5) is 15.8 Å². The Balaban J connectivity index is 1.61. The molecule has 0 spiro atoms. The van der Waals surface area contributed by atoms with Gasteiger partial charge in [-0.1, -0.05) is 23.7 Å². The highest BCUT2D eigenvalue weighted by molar-refractivity contribution is 8.00. The Bertz CT molecular complexity index is 996. The average molecular weight is 435 g/mol. The first kappa shape index (κ1) is 20.4. The van der Waals surface area contributed by atoms with Crippen molar-refractivity contribution in [3.8, 4) is 0 Å². The van der Waals surface area contributed by atoms with Crippen LogP contribution in [-0.2, 0) is 4.79 Å². The van der Waals surface area contributed by atoms with Gasteiger partial charge in [-0.2, -0.15) is 0 Å². The zero-order valence-corrected chi connectivity index (χ0v) is 17.1. The van der Waals surface area contributed by atoms with Crippen molar-refractivity contribution in [3.63, 3.8) is 0 Å². The molecule has 1 atom stereocenters. The topological polar surface area (TPSA) is 58.2 Å². The number of benzene rings is 2. The second-order valence-electron chi connectivity index (χ2n) is 5.84. The molecule has 0 aliphatic heterocycles. The number of amides is 2. The number of hydrogen-bond acceptors (Lipinski definition) is 4. The molecule has 8 heteroatoms. The van der Waals surface area contributed by atoms with Crippen molar-refractivity contribution >= 4 is 57.9 Å². The van der Waals surface area contributed by atoms with Crippen LogP contribution >= 0.6 is 34.7 Å². The van der Waals surface area contributed by atoms with Crippen LogP contribution in [0, 0.1) is 5.82 Å². The molecule has 3 rings (SSSR count). The van der Waals surface area contributed by atoms with Gasteiger partial charge in [0.25, 0.3) is 5.91 Å². The molecule has 0 aliphatic carbocycles. The van der Waals surface area contributed by atoms with Crippen LogP contribution in [0.3, 0.4) is 0 Å². The number of halogens is 2. The van der Waals surface area contributed by atoms with Crippen molar-refractivity contribution in [1.82, 2.24) is 0 Å². The Morgan fingerprint density at radius 2 is 1.86 bits per heavy atom. The van der Waals surface area contributed by atoms with Crippen LogP contribution < -0.4 is 10.6 Å². The summed E-state index contributed by atoms with van der Waals surface area (Å²) in [6, 6.07) is 14.9. The molecular formula is C20H16ClFN2O2S2. The molecule has 0 aliphatic rings. The van der Waals surface area contributed by atoms with Gasteiger partial charge in [0.15, 0.2) is 0 Å². The monoisotopic (exact) mass is 434 g/mol.